The van der Waals surface area contributed by atoms with Gasteiger partial charge in [0, 0.05) is 24.7 Å². The van der Waals surface area contributed by atoms with Crippen LogP contribution in [0.4, 0.5) is 5.69 Å². The van der Waals surface area contributed by atoms with E-state index in [0.29, 0.717) is 29.9 Å². The van der Waals surface area contributed by atoms with Gasteiger partial charge in [0.15, 0.2) is 0 Å². The molecular weight excluding hydrogens is 324 g/mol. The van der Waals surface area contributed by atoms with Crippen molar-refractivity contribution in [3.05, 3.63) is 52.5 Å². The van der Waals surface area contributed by atoms with Crippen LogP contribution in [0, 0.1) is 6.92 Å². The van der Waals surface area contributed by atoms with Gasteiger partial charge in [-0.3, -0.25) is 9.59 Å². The van der Waals surface area contributed by atoms with Crippen LogP contribution in [-0.4, -0.2) is 34.8 Å². The van der Waals surface area contributed by atoms with Crippen molar-refractivity contribution in [2.45, 2.75) is 26.3 Å². The average molecular weight is 342 g/mol. The van der Waals surface area contributed by atoms with Gasteiger partial charge < -0.3 is 19.7 Å². The van der Waals surface area contributed by atoms with E-state index in [-0.39, 0.29) is 23.9 Å². The third kappa shape index (κ3) is 3.40. The summed E-state index contributed by atoms with van der Waals surface area (Å²) in [5.41, 5.74) is 2.28. The zero-order chi connectivity index (χ0) is 18.1. The highest BCUT2D eigenvalue weighted by Gasteiger charge is 2.20. The number of carbonyl (C=O) groups excluding carboxylic acids is 2. The molecule has 0 atom stereocenters. The topological polar surface area (TPSA) is 99.9 Å². The van der Waals surface area contributed by atoms with E-state index in [1.807, 2.05) is 0 Å². The third-order valence-electron chi connectivity index (χ3n) is 4.19. The van der Waals surface area contributed by atoms with E-state index in [4.69, 9.17) is 9.52 Å². The molecule has 7 nitrogen and oxygen atoms in total. The van der Waals surface area contributed by atoms with E-state index in [2.05, 4.69) is 5.32 Å². The van der Waals surface area contributed by atoms with Crippen LogP contribution < -0.4 is 5.32 Å². The van der Waals surface area contributed by atoms with E-state index >= 15 is 0 Å². The summed E-state index contributed by atoms with van der Waals surface area (Å²) in [5, 5.41) is 11.8. The Morgan fingerprint density at radius 2 is 2.04 bits per heavy atom. The van der Waals surface area contributed by atoms with Gasteiger partial charge in [-0.1, -0.05) is 0 Å². The lowest BCUT2D eigenvalue weighted by Crippen LogP contribution is -2.26. The first-order valence-corrected chi connectivity index (χ1v) is 7.86. The molecule has 1 aromatic carbocycles. The van der Waals surface area contributed by atoms with Crippen molar-refractivity contribution in [3.8, 4) is 0 Å². The number of fused-ring (bicyclic) bond motifs is 1. The number of amides is 2. The van der Waals surface area contributed by atoms with E-state index in [9.17, 15) is 14.4 Å². The first-order chi connectivity index (χ1) is 11.8. The van der Waals surface area contributed by atoms with Crippen LogP contribution in [0.2, 0.25) is 0 Å². The van der Waals surface area contributed by atoms with Gasteiger partial charge in [0.25, 0.3) is 5.91 Å². The second-order valence-corrected chi connectivity index (χ2v) is 6.07. The minimum atomic E-state index is -1.06. The van der Waals surface area contributed by atoms with Crippen molar-refractivity contribution in [1.82, 2.24) is 4.90 Å². The van der Waals surface area contributed by atoms with Crippen molar-refractivity contribution < 1.29 is 23.9 Å². The summed E-state index contributed by atoms with van der Waals surface area (Å²) in [7, 11) is 1.63. The number of aryl methyl sites for hydroxylation is 2. The molecule has 7 heteroatoms. The van der Waals surface area contributed by atoms with Crippen LogP contribution in [-0.2, 0) is 17.8 Å². The van der Waals surface area contributed by atoms with Crippen LogP contribution in [0.25, 0.3) is 0 Å². The standard InChI is InChI=1S/C18H18N2O5/c1-10-14(18(23)24)8-13(25-10)9-20(2)17(22)12-3-5-15-11(7-12)4-6-16(21)19-15/h3,5,7-8H,4,6,9H2,1-2H3,(H,19,21)(H,23,24). The molecule has 0 radical (unpaired) electrons. The lowest BCUT2D eigenvalue weighted by molar-refractivity contribution is -0.116. The van der Waals surface area contributed by atoms with Crippen LogP contribution in [0.1, 0.15) is 44.2 Å². The van der Waals surface area contributed by atoms with E-state index in [1.165, 1.54) is 11.0 Å². The maximum atomic E-state index is 12.6. The number of carbonyl (C=O) groups is 3. The van der Waals surface area contributed by atoms with E-state index < -0.39 is 5.97 Å². The molecular formula is C18H18N2O5. The predicted molar refractivity (Wildman–Crippen MR) is 89.6 cm³/mol. The molecule has 2 heterocycles. The summed E-state index contributed by atoms with van der Waals surface area (Å²) in [6, 6.07) is 6.61. The fraction of sp³-hybridized carbons (Fsp3) is 0.278. The Morgan fingerprint density at radius 1 is 1.28 bits per heavy atom. The summed E-state index contributed by atoms with van der Waals surface area (Å²) in [5.74, 6) is -0.557. The minimum Gasteiger partial charge on any atom is -0.478 e. The Labute approximate surface area is 144 Å². The van der Waals surface area contributed by atoms with E-state index in [0.717, 1.165) is 11.3 Å². The first kappa shape index (κ1) is 16.8. The smallest absolute Gasteiger partial charge is 0.339 e. The maximum absolute atomic E-state index is 12.6. The summed E-state index contributed by atoms with van der Waals surface area (Å²) in [4.78, 5) is 36.5. The van der Waals surface area contributed by atoms with Crippen LogP contribution >= 0.6 is 0 Å². The third-order valence-corrected chi connectivity index (χ3v) is 4.19. The number of rotatable bonds is 4. The van der Waals surface area contributed by atoms with Gasteiger partial charge in [0.2, 0.25) is 5.91 Å². The lowest BCUT2D eigenvalue weighted by atomic mass is 10.00. The Morgan fingerprint density at radius 3 is 2.72 bits per heavy atom. The van der Waals surface area contributed by atoms with Gasteiger partial charge in [0.1, 0.15) is 17.1 Å². The zero-order valence-corrected chi connectivity index (χ0v) is 14.0. The SMILES string of the molecule is Cc1oc(CN(C)C(=O)c2ccc3c(c2)CCC(=O)N3)cc1C(=O)O. The minimum absolute atomic E-state index is 0.0221. The second kappa shape index (κ2) is 6.43. The molecule has 1 aliphatic rings. The molecule has 25 heavy (non-hydrogen) atoms. The molecule has 0 spiro atoms. The fourth-order valence-corrected chi connectivity index (χ4v) is 2.88. The molecule has 0 unspecified atom stereocenters. The van der Waals surface area contributed by atoms with Gasteiger partial charge >= 0.3 is 5.97 Å². The number of carboxylic acid groups (broad SMARTS) is 1. The number of aromatic carboxylic acids is 1. The van der Waals surface area contributed by atoms with Crippen LogP contribution in [0.15, 0.2) is 28.7 Å². The van der Waals surface area contributed by atoms with Gasteiger partial charge in [-0.05, 0) is 43.2 Å². The highest BCUT2D eigenvalue weighted by molar-refractivity contribution is 5.97. The zero-order valence-electron chi connectivity index (χ0n) is 14.0. The number of nitrogens with one attached hydrogen (secondary N) is 1. The van der Waals surface area contributed by atoms with Gasteiger partial charge in [-0.15, -0.1) is 0 Å². The Bertz CT molecular complexity index is 868. The van der Waals surface area contributed by atoms with Gasteiger partial charge in [0.05, 0.1) is 6.54 Å². The number of hydrogen-bond acceptors (Lipinski definition) is 4. The molecule has 1 aliphatic heterocycles. The predicted octanol–water partition coefficient (Wildman–Crippen LogP) is 2.44. The van der Waals surface area contributed by atoms with Gasteiger partial charge in [-0.2, -0.15) is 0 Å². The molecule has 2 amide bonds. The number of nitrogens with zero attached hydrogens (tertiary/aromatic N) is 1. The normalized spacial score (nSPS) is 13.1. The first-order valence-electron chi connectivity index (χ1n) is 7.86. The number of benzene rings is 1. The second-order valence-electron chi connectivity index (χ2n) is 6.07. The largest absolute Gasteiger partial charge is 0.478 e. The van der Waals surface area contributed by atoms with Gasteiger partial charge in [-0.25, -0.2) is 4.79 Å². The molecule has 0 saturated carbocycles. The maximum Gasteiger partial charge on any atom is 0.339 e. The summed E-state index contributed by atoms with van der Waals surface area (Å²) < 4.78 is 5.41. The average Bonchev–Trinajstić information content (AvgIpc) is 2.94. The Hall–Kier alpha value is -3.09. The molecule has 0 saturated heterocycles. The van der Waals surface area contributed by atoms with Crippen molar-refractivity contribution >= 4 is 23.5 Å². The molecule has 3 rings (SSSR count). The Kier molecular flexibility index (Phi) is 4.31. The molecule has 2 aromatic rings. The highest BCUT2D eigenvalue weighted by atomic mass is 16.4. The molecule has 0 aliphatic carbocycles. The summed E-state index contributed by atoms with van der Waals surface area (Å²) >= 11 is 0. The van der Waals surface area contributed by atoms with Crippen molar-refractivity contribution in [1.29, 1.82) is 0 Å². The molecule has 130 valence electrons. The van der Waals surface area contributed by atoms with Crippen molar-refractivity contribution in [2.24, 2.45) is 0 Å². The molecule has 0 bridgehead atoms. The van der Waals surface area contributed by atoms with E-state index in [1.54, 1.807) is 32.2 Å². The monoisotopic (exact) mass is 342 g/mol. The highest BCUT2D eigenvalue weighted by Crippen LogP contribution is 2.24. The Balaban J connectivity index is 1.75. The number of carboxylic acids is 1. The number of anilines is 1. The summed E-state index contributed by atoms with van der Waals surface area (Å²) in [6.07, 6.45) is 1.01. The van der Waals surface area contributed by atoms with Crippen LogP contribution in [0.3, 0.4) is 0 Å². The molecule has 0 fully saturated rings. The lowest BCUT2D eigenvalue weighted by Gasteiger charge is -2.20. The fourth-order valence-electron chi connectivity index (χ4n) is 2.88. The number of hydrogen-bond donors (Lipinski definition) is 2. The van der Waals surface area contributed by atoms with Crippen LogP contribution in [0.5, 0.6) is 0 Å². The van der Waals surface area contributed by atoms with Crippen molar-refractivity contribution in [2.75, 3.05) is 12.4 Å². The summed E-state index contributed by atoms with van der Waals surface area (Å²) in [6.45, 7) is 1.74. The quantitative estimate of drug-likeness (QED) is 0.889. The molecule has 2 N–H and O–H groups in total. The number of furan rings is 1. The molecule has 1 aromatic heterocycles. The van der Waals surface area contributed by atoms with Crippen molar-refractivity contribution in [3.63, 3.8) is 0 Å².